The number of unbranched alkanes of at least 4 members (excludes halogenated alkanes) is 1. The lowest BCUT2D eigenvalue weighted by Gasteiger charge is -2.17. The minimum absolute atomic E-state index is 0.134. The largest absolute Gasteiger partial charge is 0.494 e. The van der Waals surface area contributed by atoms with Gasteiger partial charge < -0.3 is 14.2 Å². The number of amides is 1. The van der Waals surface area contributed by atoms with Crippen molar-refractivity contribution < 1.29 is 9.53 Å². The van der Waals surface area contributed by atoms with Gasteiger partial charge in [-0.1, -0.05) is 60.2 Å². The third kappa shape index (κ3) is 5.56. The molecule has 0 saturated carbocycles. The molecule has 1 amide bonds. The predicted molar refractivity (Wildman–Crippen MR) is 140 cm³/mol. The highest BCUT2D eigenvalue weighted by atomic mass is 16.5. The van der Waals surface area contributed by atoms with Gasteiger partial charge >= 0.3 is 0 Å². The van der Waals surface area contributed by atoms with E-state index in [1.165, 1.54) is 11.1 Å². The molecule has 0 aliphatic carbocycles. The van der Waals surface area contributed by atoms with Crippen LogP contribution in [0.1, 0.15) is 42.1 Å². The smallest absolute Gasteiger partial charge is 0.223 e. The summed E-state index contributed by atoms with van der Waals surface area (Å²) in [6.07, 6.45) is 3.38. The fourth-order valence-corrected chi connectivity index (χ4v) is 4.91. The highest BCUT2D eigenvalue weighted by Crippen LogP contribution is 2.31. The summed E-state index contributed by atoms with van der Waals surface area (Å²) in [5, 5.41) is 0. The van der Waals surface area contributed by atoms with E-state index < -0.39 is 0 Å². The number of carbonyl (C=O) groups is 1. The Balaban J connectivity index is 1.22. The highest BCUT2D eigenvalue weighted by molar-refractivity contribution is 5.81. The number of likely N-dealkylation sites (tertiary alicyclic amines) is 1. The molecule has 5 heteroatoms. The summed E-state index contributed by atoms with van der Waals surface area (Å²) in [6, 6.07) is 26.9. The molecule has 4 aromatic rings. The Morgan fingerprint density at radius 1 is 0.914 bits per heavy atom. The molecule has 0 spiro atoms. The van der Waals surface area contributed by atoms with Crippen molar-refractivity contribution in [1.29, 1.82) is 0 Å². The van der Waals surface area contributed by atoms with Gasteiger partial charge in [0.15, 0.2) is 0 Å². The number of imidazole rings is 1. The molecule has 1 fully saturated rings. The number of benzene rings is 3. The molecule has 1 aliphatic rings. The number of ether oxygens (including phenoxy) is 1. The maximum atomic E-state index is 12.8. The van der Waals surface area contributed by atoms with E-state index in [1.807, 2.05) is 29.2 Å². The van der Waals surface area contributed by atoms with Crippen LogP contribution in [0, 0.1) is 6.92 Å². The third-order valence-electron chi connectivity index (χ3n) is 6.84. The van der Waals surface area contributed by atoms with Gasteiger partial charge in [0.05, 0.1) is 17.6 Å². The van der Waals surface area contributed by atoms with Gasteiger partial charge in [0, 0.05) is 32.0 Å². The molecule has 1 atom stereocenters. The SMILES string of the molecule is Cc1ccc(OCCCCn2c(C3CC(=O)N(CCc4ccccc4)C3)nc3ccccc32)cc1. The van der Waals surface area contributed by atoms with Crippen LogP contribution in [0.5, 0.6) is 5.75 Å². The van der Waals surface area contributed by atoms with E-state index in [4.69, 9.17) is 9.72 Å². The molecule has 1 saturated heterocycles. The van der Waals surface area contributed by atoms with Gasteiger partial charge in [0.2, 0.25) is 5.91 Å². The Morgan fingerprint density at radius 3 is 2.51 bits per heavy atom. The second-order valence-corrected chi connectivity index (χ2v) is 9.46. The van der Waals surface area contributed by atoms with Crippen LogP contribution in [0.15, 0.2) is 78.9 Å². The molecule has 0 bridgehead atoms. The van der Waals surface area contributed by atoms with Crippen LogP contribution < -0.4 is 4.74 Å². The van der Waals surface area contributed by atoms with Crippen LogP contribution in [-0.2, 0) is 17.8 Å². The van der Waals surface area contributed by atoms with Gasteiger partial charge in [-0.2, -0.15) is 0 Å². The number of nitrogens with zero attached hydrogens (tertiary/aromatic N) is 3. The number of aryl methyl sites for hydroxylation is 2. The summed E-state index contributed by atoms with van der Waals surface area (Å²) in [5.41, 5.74) is 4.66. The summed E-state index contributed by atoms with van der Waals surface area (Å²) in [6.45, 7) is 5.15. The lowest BCUT2D eigenvalue weighted by atomic mass is 10.1. The molecule has 1 aromatic heterocycles. The molecule has 180 valence electrons. The van der Waals surface area contributed by atoms with Crippen LogP contribution in [0.2, 0.25) is 0 Å². The van der Waals surface area contributed by atoms with E-state index in [-0.39, 0.29) is 11.8 Å². The zero-order valence-corrected chi connectivity index (χ0v) is 20.4. The number of carbonyl (C=O) groups excluding carboxylic acids is 1. The van der Waals surface area contributed by atoms with Crippen LogP contribution in [0.3, 0.4) is 0 Å². The first-order valence-electron chi connectivity index (χ1n) is 12.6. The van der Waals surface area contributed by atoms with Crippen LogP contribution in [0.25, 0.3) is 11.0 Å². The van der Waals surface area contributed by atoms with E-state index in [1.54, 1.807) is 0 Å². The number of para-hydroxylation sites is 2. The molecule has 1 unspecified atom stereocenters. The standard InChI is InChI=1S/C30H33N3O2/c1-23-13-15-26(16-14-23)35-20-8-7-18-33-28-12-6-5-11-27(28)31-30(33)25-21-29(34)32(22-25)19-17-24-9-3-2-4-10-24/h2-6,9-16,25H,7-8,17-22H2,1H3. The van der Waals surface area contributed by atoms with Gasteiger partial charge in [0.1, 0.15) is 11.6 Å². The van der Waals surface area contributed by atoms with Crippen molar-refractivity contribution in [3.63, 3.8) is 0 Å². The highest BCUT2D eigenvalue weighted by Gasteiger charge is 2.33. The second kappa shape index (κ2) is 10.8. The van der Waals surface area contributed by atoms with Gasteiger partial charge in [0.25, 0.3) is 0 Å². The maximum absolute atomic E-state index is 12.8. The van der Waals surface area contributed by atoms with Gasteiger partial charge in [-0.05, 0) is 56.0 Å². The normalized spacial score (nSPS) is 15.7. The van der Waals surface area contributed by atoms with E-state index >= 15 is 0 Å². The van der Waals surface area contributed by atoms with Crippen molar-refractivity contribution in [3.8, 4) is 5.75 Å². The lowest BCUT2D eigenvalue weighted by molar-refractivity contribution is -0.127. The Labute approximate surface area is 207 Å². The topological polar surface area (TPSA) is 47.4 Å². The van der Waals surface area contributed by atoms with Gasteiger partial charge in [-0.15, -0.1) is 0 Å². The zero-order chi connectivity index (χ0) is 24.0. The molecule has 35 heavy (non-hydrogen) atoms. The van der Waals surface area contributed by atoms with Crippen molar-refractivity contribution in [2.24, 2.45) is 0 Å². The zero-order valence-electron chi connectivity index (χ0n) is 20.4. The molecule has 1 aliphatic heterocycles. The maximum Gasteiger partial charge on any atom is 0.223 e. The van der Waals surface area contributed by atoms with Crippen molar-refractivity contribution in [1.82, 2.24) is 14.5 Å². The predicted octanol–water partition coefficient (Wildman–Crippen LogP) is 5.76. The van der Waals surface area contributed by atoms with Crippen molar-refractivity contribution >= 4 is 16.9 Å². The lowest BCUT2D eigenvalue weighted by Crippen LogP contribution is -2.27. The van der Waals surface area contributed by atoms with Crippen molar-refractivity contribution in [3.05, 3.63) is 95.8 Å². The molecule has 5 nitrogen and oxygen atoms in total. The average molecular weight is 468 g/mol. The molecule has 0 radical (unpaired) electrons. The van der Waals surface area contributed by atoms with Crippen molar-refractivity contribution in [2.75, 3.05) is 19.7 Å². The first-order valence-corrected chi connectivity index (χ1v) is 12.6. The number of fused-ring (bicyclic) bond motifs is 1. The minimum Gasteiger partial charge on any atom is -0.494 e. The second-order valence-electron chi connectivity index (χ2n) is 9.46. The number of hydrogen-bond donors (Lipinski definition) is 0. The molecular weight excluding hydrogens is 434 g/mol. The Morgan fingerprint density at radius 2 is 1.69 bits per heavy atom. The Bertz CT molecular complexity index is 1260. The number of aromatic nitrogens is 2. The summed E-state index contributed by atoms with van der Waals surface area (Å²) in [5.74, 6) is 2.33. The molecule has 0 N–H and O–H groups in total. The van der Waals surface area contributed by atoms with E-state index in [9.17, 15) is 4.79 Å². The molecule has 3 aromatic carbocycles. The van der Waals surface area contributed by atoms with Crippen LogP contribution in [-0.4, -0.2) is 40.1 Å². The molecule has 5 rings (SSSR count). The number of rotatable bonds is 10. The Kier molecular flexibility index (Phi) is 7.12. The Hall–Kier alpha value is -3.60. The number of hydrogen-bond acceptors (Lipinski definition) is 3. The van der Waals surface area contributed by atoms with Gasteiger partial charge in [-0.25, -0.2) is 4.98 Å². The third-order valence-corrected chi connectivity index (χ3v) is 6.84. The van der Waals surface area contributed by atoms with E-state index in [2.05, 4.69) is 66.1 Å². The monoisotopic (exact) mass is 467 g/mol. The van der Waals surface area contributed by atoms with Crippen molar-refractivity contribution in [2.45, 2.75) is 45.1 Å². The summed E-state index contributed by atoms with van der Waals surface area (Å²) in [7, 11) is 0. The van der Waals surface area contributed by atoms with E-state index in [0.717, 1.165) is 61.5 Å². The van der Waals surface area contributed by atoms with Crippen LogP contribution in [0.4, 0.5) is 0 Å². The van der Waals surface area contributed by atoms with Crippen LogP contribution >= 0.6 is 0 Å². The average Bonchev–Trinajstić information content (AvgIpc) is 3.44. The fraction of sp³-hybridized carbons (Fsp3) is 0.333. The minimum atomic E-state index is 0.134. The quantitative estimate of drug-likeness (QED) is 0.279. The summed E-state index contributed by atoms with van der Waals surface area (Å²) >= 11 is 0. The fourth-order valence-electron chi connectivity index (χ4n) is 4.91. The summed E-state index contributed by atoms with van der Waals surface area (Å²) < 4.78 is 8.25. The molecular formula is C30H33N3O2. The van der Waals surface area contributed by atoms with E-state index in [0.29, 0.717) is 13.0 Å². The first kappa shape index (κ1) is 23.2. The van der Waals surface area contributed by atoms with Gasteiger partial charge in [-0.3, -0.25) is 4.79 Å². The summed E-state index contributed by atoms with van der Waals surface area (Å²) in [4.78, 5) is 19.8. The molecule has 2 heterocycles. The first-order chi connectivity index (χ1) is 17.2.